The molecule has 0 aliphatic heterocycles. The van der Waals surface area contributed by atoms with Crippen LogP contribution in [-0.4, -0.2) is 32.6 Å². The van der Waals surface area contributed by atoms with Crippen molar-refractivity contribution in [3.05, 3.63) is 53.6 Å². The molecule has 0 bridgehead atoms. The van der Waals surface area contributed by atoms with Crippen molar-refractivity contribution in [3.8, 4) is 5.75 Å². The normalized spacial score (nSPS) is 17.7. The zero-order valence-corrected chi connectivity index (χ0v) is 15.3. The van der Waals surface area contributed by atoms with Gasteiger partial charge in [-0.05, 0) is 50.8 Å². The van der Waals surface area contributed by atoms with Crippen molar-refractivity contribution < 1.29 is 9.84 Å². The Morgan fingerprint density at radius 3 is 2.60 bits per heavy atom. The molecule has 3 rings (SSSR count). The number of methoxy groups -OCH3 is 1. The summed E-state index contributed by atoms with van der Waals surface area (Å²) in [7, 11) is 1.67. The number of hydrogen-bond acceptors (Lipinski definition) is 4. The lowest BCUT2D eigenvalue weighted by atomic mass is 9.93. The summed E-state index contributed by atoms with van der Waals surface area (Å²) in [5, 5.41) is 14.9. The van der Waals surface area contributed by atoms with Crippen molar-refractivity contribution in [1.29, 1.82) is 0 Å². The number of rotatable bonds is 6. The molecular formula is C20H27N3O2. The summed E-state index contributed by atoms with van der Waals surface area (Å²) in [6.07, 6.45) is 8.29. The van der Waals surface area contributed by atoms with Crippen LogP contribution in [0, 0.1) is 0 Å². The Hall–Kier alpha value is -2.14. The second-order valence-electron chi connectivity index (χ2n) is 7.36. The first-order chi connectivity index (χ1) is 11.9. The van der Waals surface area contributed by atoms with E-state index in [-0.39, 0.29) is 0 Å². The Kier molecular flexibility index (Phi) is 5.23. The van der Waals surface area contributed by atoms with E-state index in [1.807, 2.05) is 42.8 Å². The van der Waals surface area contributed by atoms with Gasteiger partial charge in [-0.15, -0.1) is 0 Å². The largest absolute Gasteiger partial charge is 0.497 e. The van der Waals surface area contributed by atoms with Gasteiger partial charge >= 0.3 is 0 Å². The predicted molar refractivity (Wildman–Crippen MR) is 97.9 cm³/mol. The van der Waals surface area contributed by atoms with Crippen LogP contribution in [0.2, 0.25) is 0 Å². The minimum atomic E-state index is -0.815. The van der Waals surface area contributed by atoms with E-state index in [4.69, 9.17) is 14.8 Å². The molecule has 25 heavy (non-hydrogen) atoms. The topological polar surface area (TPSA) is 60.2 Å². The SMILES string of the molecule is COc1ccc(Cc2nc(C3CC=CCC3)n(CC(C)(C)O)n2)cc1. The fraction of sp³-hybridized carbons (Fsp3) is 0.500. The maximum Gasteiger partial charge on any atom is 0.155 e. The van der Waals surface area contributed by atoms with Gasteiger partial charge in [-0.25, -0.2) is 9.67 Å². The third-order valence-corrected chi connectivity index (χ3v) is 4.44. The smallest absolute Gasteiger partial charge is 0.155 e. The first kappa shape index (κ1) is 17.7. The van der Waals surface area contributed by atoms with Crippen LogP contribution in [0.3, 0.4) is 0 Å². The molecule has 1 aromatic carbocycles. The molecule has 5 heteroatoms. The lowest BCUT2D eigenvalue weighted by Gasteiger charge is -2.22. The zero-order valence-electron chi connectivity index (χ0n) is 15.3. The van der Waals surface area contributed by atoms with Gasteiger partial charge in [0.2, 0.25) is 0 Å². The average molecular weight is 341 g/mol. The molecule has 1 atom stereocenters. The van der Waals surface area contributed by atoms with Gasteiger partial charge < -0.3 is 9.84 Å². The van der Waals surface area contributed by atoms with Crippen LogP contribution >= 0.6 is 0 Å². The first-order valence-corrected chi connectivity index (χ1v) is 8.88. The van der Waals surface area contributed by atoms with Crippen molar-refractivity contribution in [2.45, 2.75) is 57.6 Å². The molecule has 1 aromatic heterocycles. The summed E-state index contributed by atoms with van der Waals surface area (Å²) in [6.45, 7) is 4.07. The van der Waals surface area contributed by atoms with Gasteiger partial charge in [-0.2, -0.15) is 5.10 Å². The maximum atomic E-state index is 10.2. The number of aromatic nitrogens is 3. The van der Waals surface area contributed by atoms with Gasteiger partial charge in [-0.1, -0.05) is 24.3 Å². The molecule has 1 N–H and O–H groups in total. The Morgan fingerprint density at radius 1 is 1.24 bits per heavy atom. The molecule has 0 saturated heterocycles. The van der Waals surface area contributed by atoms with E-state index < -0.39 is 5.60 Å². The predicted octanol–water partition coefficient (Wildman–Crippen LogP) is 3.47. The van der Waals surface area contributed by atoms with Crippen molar-refractivity contribution in [2.75, 3.05) is 7.11 Å². The van der Waals surface area contributed by atoms with E-state index in [9.17, 15) is 5.11 Å². The number of aliphatic hydroxyl groups is 1. The second-order valence-corrected chi connectivity index (χ2v) is 7.36. The summed E-state index contributed by atoms with van der Waals surface area (Å²) in [5.41, 5.74) is 0.334. The quantitative estimate of drug-likeness (QED) is 0.817. The summed E-state index contributed by atoms with van der Waals surface area (Å²) >= 11 is 0. The fourth-order valence-electron chi connectivity index (χ4n) is 3.22. The highest BCUT2D eigenvalue weighted by atomic mass is 16.5. The van der Waals surface area contributed by atoms with Crippen LogP contribution in [0.1, 0.15) is 56.2 Å². The molecule has 2 aromatic rings. The van der Waals surface area contributed by atoms with Gasteiger partial charge in [0, 0.05) is 12.3 Å². The van der Waals surface area contributed by atoms with E-state index in [2.05, 4.69) is 12.2 Å². The van der Waals surface area contributed by atoms with E-state index in [1.165, 1.54) is 0 Å². The molecule has 1 aliphatic rings. The summed E-state index contributed by atoms with van der Waals surface area (Å²) in [5.74, 6) is 3.03. The third-order valence-electron chi connectivity index (χ3n) is 4.44. The van der Waals surface area contributed by atoms with Crippen LogP contribution in [0.25, 0.3) is 0 Å². The standard InChI is InChI=1S/C20H27N3O2/c1-20(2,24)14-23-19(16-7-5-4-6-8-16)21-18(22-23)13-15-9-11-17(25-3)12-10-15/h4-5,9-12,16,24H,6-8,13-14H2,1-3H3. The van der Waals surface area contributed by atoms with Crippen molar-refractivity contribution >= 4 is 0 Å². The highest BCUT2D eigenvalue weighted by Crippen LogP contribution is 2.29. The molecule has 0 spiro atoms. The molecular weight excluding hydrogens is 314 g/mol. The van der Waals surface area contributed by atoms with E-state index in [0.29, 0.717) is 18.9 Å². The number of hydrogen-bond donors (Lipinski definition) is 1. The fourth-order valence-corrected chi connectivity index (χ4v) is 3.22. The van der Waals surface area contributed by atoms with Gasteiger partial charge in [0.1, 0.15) is 11.6 Å². The highest BCUT2D eigenvalue weighted by Gasteiger charge is 2.24. The Bertz CT molecular complexity index is 726. The van der Waals surface area contributed by atoms with Crippen molar-refractivity contribution in [1.82, 2.24) is 14.8 Å². The molecule has 1 aliphatic carbocycles. The molecule has 5 nitrogen and oxygen atoms in total. The molecule has 0 radical (unpaired) electrons. The zero-order chi connectivity index (χ0) is 17.9. The van der Waals surface area contributed by atoms with Gasteiger partial charge in [0.25, 0.3) is 0 Å². The van der Waals surface area contributed by atoms with Gasteiger partial charge in [0.15, 0.2) is 5.82 Å². The maximum absolute atomic E-state index is 10.2. The van der Waals surface area contributed by atoms with Gasteiger partial charge in [-0.3, -0.25) is 0 Å². The molecule has 1 unspecified atom stereocenters. The number of ether oxygens (including phenoxy) is 1. The number of benzene rings is 1. The second kappa shape index (κ2) is 7.40. The minimum absolute atomic E-state index is 0.379. The van der Waals surface area contributed by atoms with E-state index in [1.54, 1.807) is 7.11 Å². The lowest BCUT2D eigenvalue weighted by Crippen LogP contribution is -2.28. The van der Waals surface area contributed by atoms with E-state index in [0.717, 1.165) is 42.2 Å². The molecule has 134 valence electrons. The average Bonchev–Trinajstić information content (AvgIpc) is 2.96. The number of nitrogens with zero attached hydrogens (tertiary/aromatic N) is 3. The van der Waals surface area contributed by atoms with Crippen LogP contribution in [0.4, 0.5) is 0 Å². The molecule has 0 amide bonds. The molecule has 0 saturated carbocycles. The van der Waals surface area contributed by atoms with Crippen molar-refractivity contribution in [3.63, 3.8) is 0 Å². The van der Waals surface area contributed by atoms with Gasteiger partial charge in [0.05, 0.1) is 19.3 Å². The Morgan fingerprint density at radius 2 is 2.00 bits per heavy atom. The molecule has 1 heterocycles. The van der Waals surface area contributed by atoms with Crippen LogP contribution in [0.15, 0.2) is 36.4 Å². The van der Waals surface area contributed by atoms with Crippen LogP contribution in [-0.2, 0) is 13.0 Å². The summed E-state index contributed by atoms with van der Waals surface area (Å²) in [4.78, 5) is 4.83. The monoisotopic (exact) mass is 341 g/mol. The van der Waals surface area contributed by atoms with Crippen LogP contribution in [0.5, 0.6) is 5.75 Å². The highest BCUT2D eigenvalue weighted by molar-refractivity contribution is 5.28. The first-order valence-electron chi connectivity index (χ1n) is 8.88. The minimum Gasteiger partial charge on any atom is -0.497 e. The lowest BCUT2D eigenvalue weighted by molar-refractivity contribution is 0.0561. The van der Waals surface area contributed by atoms with E-state index >= 15 is 0 Å². The summed E-state index contributed by atoms with van der Waals surface area (Å²) < 4.78 is 7.11. The van der Waals surface area contributed by atoms with Crippen LogP contribution < -0.4 is 4.74 Å². The Balaban J connectivity index is 1.84. The van der Waals surface area contributed by atoms with Crippen molar-refractivity contribution in [2.24, 2.45) is 0 Å². The third kappa shape index (κ3) is 4.69. The summed E-state index contributed by atoms with van der Waals surface area (Å²) in [6, 6.07) is 7.99. The number of allylic oxidation sites excluding steroid dienone is 2. The Labute approximate surface area is 149 Å². The molecule has 0 fully saturated rings.